The second kappa shape index (κ2) is 7.12. The van der Waals surface area contributed by atoms with Crippen molar-refractivity contribution in [1.82, 2.24) is 5.16 Å². The van der Waals surface area contributed by atoms with Gasteiger partial charge in [-0.15, -0.1) is 0 Å². The number of hydrogen-bond donors (Lipinski definition) is 0. The summed E-state index contributed by atoms with van der Waals surface area (Å²) in [6.45, 7) is -0.272. The van der Waals surface area contributed by atoms with Gasteiger partial charge in [0.15, 0.2) is 5.76 Å². The first-order chi connectivity index (χ1) is 12.1. The zero-order chi connectivity index (χ0) is 17.8. The van der Waals surface area contributed by atoms with Gasteiger partial charge in [-0.3, -0.25) is 0 Å². The van der Waals surface area contributed by atoms with E-state index in [9.17, 15) is 13.6 Å². The van der Waals surface area contributed by atoms with E-state index in [4.69, 9.17) is 14.0 Å². The van der Waals surface area contributed by atoms with Gasteiger partial charge < -0.3 is 14.0 Å². The Bertz CT molecular complexity index is 870. The summed E-state index contributed by atoms with van der Waals surface area (Å²) in [5.41, 5.74) is 0.336. The Labute approximate surface area is 141 Å². The number of aromatic nitrogens is 1. The Hall–Kier alpha value is -3.22. The predicted molar refractivity (Wildman–Crippen MR) is 84.0 cm³/mol. The van der Waals surface area contributed by atoms with Gasteiger partial charge in [0.2, 0.25) is 0 Å². The molecule has 0 saturated carbocycles. The molecule has 2 aromatic carbocycles. The molecule has 0 spiro atoms. The number of ether oxygens (including phenoxy) is 2. The predicted octanol–water partition coefficient (Wildman–Crippen LogP) is 3.99. The van der Waals surface area contributed by atoms with Crippen molar-refractivity contribution >= 4 is 5.97 Å². The number of hydrogen-bond acceptors (Lipinski definition) is 5. The molecular formula is C18H13F2NO4. The number of carbonyl (C=O) groups is 1. The fourth-order valence-electron chi connectivity index (χ4n) is 2.18. The Balaban J connectivity index is 1.68. The van der Waals surface area contributed by atoms with Crippen molar-refractivity contribution in [1.29, 1.82) is 0 Å². The molecular weight excluding hydrogens is 332 g/mol. The van der Waals surface area contributed by atoms with Crippen LogP contribution in [0.25, 0.3) is 11.3 Å². The summed E-state index contributed by atoms with van der Waals surface area (Å²) in [5, 5.41) is 3.77. The Morgan fingerprint density at radius 2 is 1.80 bits per heavy atom. The first-order valence-corrected chi connectivity index (χ1v) is 7.29. The van der Waals surface area contributed by atoms with Crippen LogP contribution in [-0.4, -0.2) is 18.2 Å². The molecule has 0 amide bonds. The standard InChI is InChI=1S/C18H13F2NO4/c1-23-13-7-5-11(6-8-13)16-9-12(21-25-16)10-24-18(22)17-14(19)3-2-4-15(17)20/h2-9H,10H2,1H3. The van der Waals surface area contributed by atoms with Crippen molar-refractivity contribution in [2.75, 3.05) is 7.11 Å². The van der Waals surface area contributed by atoms with Crippen LogP contribution in [-0.2, 0) is 11.3 Å². The third-order valence-corrected chi connectivity index (χ3v) is 3.45. The Morgan fingerprint density at radius 1 is 1.12 bits per heavy atom. The van der Waals surface area contributed by atoms with Crippen LogP contribution in [0.2, 0.25) is 0 Å². The SMILES string of the molecule is COc1ccc(-c2cc(COC(=O)c3c(F)cccc3F)no2)cc1. The molecule has 0 aliphatic rings. The zero-order valence-corrected chi connectivity index (χ0v) is 13.2. The van der Waals surface area contributed by atoms with Gasteiger partial charge in [0, 0.05) is 11.6 Å². The molecule has 0 saturated heterocycles. The first-order valence-electron chi connectivity index (χ1n) is 7.29. The molecule has 1 heterocycles. The van der Waals surface area contributed by atoms with E-state index in [1.165, 1.54) is 6.07 Å². The van der Waals surface area contributed by atoms with Crippen LogP contribution in [0, 0.1) is 11.6 Å². The van der Waals surface area contributed by atoms with Crippen LogP contribution in [0.4, 0.5) is 8.78 Å². The maximum atomic E-state index is 13.5. The van der Waals surface area contributed by atoms with E-state index in [0.717, 1.165) is 17.7 Å². The molecule has 1 aromatic heterocycles. The lowest BCUT2D eigenvalue weighted by Gasteiger charge is -2.04. The molecule has 0 atom stereocenters. The molecule has 0 aliphatic heterocycles. The zero-order valence-electron chi connectivity index (χ0n) is 13.2. The normalized spacial score (nSPS) is 10.5. The minimum atomic E-state index is -1.11. The minimum absolute atomic E-state index is 0.272. The highest BCUT2D eigenvalue weighted by Crippen LogP contribution is 2.23. The summed E-state index contributed by atoms with van der Waals surface area (Å²) >= 11 is 0. The van der Waals surface area contributed by atoms with Crippen molar-refractivity contribution in [3.05, 3.63) is 71.4 Å². The van der Waals surface area contributed by atoms with Gasteiger partial charge in [-0.2, -0.15) is 0 Å². The highest BCUT2D eigenvalue weighted by molar-refractivity contribution is 5.90. The summed E-state index contributed by atoms with van der Waals surface area (Å²) in [7, 11) is 1.56. The molecule has 5 nitrogen and oxygen atoms in total. The lowest BCUT2D eigenvalue weighted by atomic mass is 10.1. The van der Waals surface area contributed by atoms with Crippen molar-refractivity contribution in [3.63, 3.8) is 0 Å². The van der Waals surface area contributed by atoms with Crippen LogP contribution < -0.4 is 4.74 Å². The van der Waals surface area contributed by atoms with Gasteiger partial charge in [-0.1, -0.05) is 11.2 Å². The molecule has 0 aliphatic carbocycles. The molecule has 128 valence electrons. The van der Waals surface area contributed by atoms with Gasteiger partial charge in [-0.05, 0) is 36.4 Å². The first kappa shape index (κ1) is 16.6. The van der Waals surface area contributed by atoms with Gasteiger partial charge in [-0.25, -0.2) is 13.6 Å². The smallest absolute Gasteiger partial charge is 0.344 e. The molecule has 3 rings (SSSR count). The van der Waals surface area contributed by atoms with Gasteiger partial charge in [0.25, 0.3) is 0 Å². The van der Waals surface area contributed by atoms with Gasteiger partial charge in [0.05, 0.1) is 7.11 Å². The molecule has 0 N–H and O–H groups in total. The molecule has 25 heavy (non-hydrogen) atoms. The third-order valence-electron chi connectivity index (χ3n) is 3.45. The summed E-state index contributed by atoms with van der Waals surface area (Å²) in [6.07, 6.45) is 0. The summed E-state index contributed by atoms with van der Waals surface area (Å²) in [6, 6.07) is 11.8. The number of nitrogens with zero attached hydrogens (tertiary/aromatic N) is 1. The molecule has 0 fully saturated rings. The fraction of sp³-hybridized carbons (Fsp3) is 0.111. The molecule has 0 bridgehead atoms. The molecule has 0 unspecified atom stereocenters. The Morgan fingerprint density at radius 3 is 2.44 bits per heavy atom. The van der Waals surface area contributed by atoms with E-state index in [-0.39, 0.29) is 6.61 Å². The summed E-state index contributed by atoms with van der Waals surface area (Å²) in [4.78, 5) is 11.8. The quantitative estimate of drug-likeness (QED) is 0.655. The second-order valence-electron chi connectivity index (χ2n) is 5.08. The molecule has 0 radical (unpaired) electrons. The monoisotopic (exact) mass is 345 g/mol. The highest BCUT2D eigenvalue weighted by Gasteiger charge is 2.19. The summed E-state index contributed by atoms with van der Waals surface area (Å²) in [5.74, 6) is -1.91. The number of halogens is 2. The van der Waals surface area contributed by atoms with Gasteiger partial charge >= 0.3 is 5.97 Å². The lowest BCUT2D eigenvalue weighted by molar-refractivity contribution is 0.0453. The number of methoxy groups -OCH3 is 1. The minimum Gasteiger partial charge on any atom is -0.497 e. The van der Waals surface area contributed by atoms with Crippen molar-refractivity contribution in [3.8, 4) is 17.1 Å². The van der Waals surface area contributed by atoms with Crippen LogP contribution >= 0.6 is 0 Å². The maximum absolute atomic E-state index is 13.5. The van der Waals surface area contributed by atoms with Crippen LogP contribution in [0.3, 0.4) is 0 Å². The second-order valence-corrected chi connectivity index (χ2v) is 5.08. The lowest BCUT2D eigenvalue weighted by Crippen LogP contribution is -2.10. The average Bonchev–Trinajstić information content (AvgIpc) is 3.09. The van der Waals surface area contributed by atoms with Gasteiger partial charge in [0.1, 0.15) is 35.2 Å². The van der Waals surface area contributed by atoms with Crippen LogP contribution in [0.1, 0.15) is 16.1 Å². The van der Waals surface area contributed by atoms with Crippen molar-refractivity contribution in [2.45, 2.75) is 6.61 Å². The largest absolute Gasteiger partial charge is 0.497 e. The van der Waals surface area contributed by atoms with E-state index in [0.29, 0.717) is 17.2 Å². The summed E-state index contributed by atoms with van der Waals surface area (Å²) < 4.78 is 42.2. The van der Waals surface area contributed by atoms with E-state index < -0.39 is 23.2 Å². The highest BCUT2D eigenvalue weighted by atomic mass is 19.1. The number of benzene rings is 2. The molecule has 7 heteroatoms. The van der Waals surface area contributed by atoms with Crippen molar-refractivity contribution < 1.29 is 27.6 Å². The molecule has 3 aromatic rings. The average molecular weight is 345 g/mol. The van der Waals surface area contributed by atoms with E-state index in [2.05, 4.69) is 5.16 Å². The van der Waals surface area contributed by atoms with E-state index >= 15 is 0 Å². The van der Waals surface area contributed by atoms with Crippen LogP contribution in [0.5, 0.6) is 5.75 Å². The van der Waals surface area contributed by atoms with E-state index in [1.54, 1.807) is 37.4 Å². The van der Waals surface area contributed by atoms with Crippen molar-refractivity contribution in [2.24, 2.45) is 0 Å². The topological polar surface area (TPSA) is 61.6 Å². The number of rotatable bonds is 5. The van der Waals surface area contributed by atoms with E-state index in [1.807, 2.05) is 0 Å². The number of carbonyl (C=O) groups excluding carboxylic acids is 1. The number of esters is 1. The Kier molecular flexibility index (Phi) is 4.74. The van der Waals surface area contributed by atoms with Crippen LogP contribution in [0.15, 0.2) is 53.1 Å². The third kappa shape index (κ3) is 3.65. The maximum Gasteiger partial charge on any atom is 0.344 e. The fourth-order valence-corrected chi connectivity index (χ4v) is 2.18.